The molecule has 1 heterocycles. The van der Waals surface area contributed by atoms with Crippen LogP contribution in [0.15, 0.2) is 18.5 Å². The van der Waals surface area contributed by atoms with Crippen LogP contribution >= 0.6 is 11.8 Å². The third-order valence-corrected chi connectivity index (χ3v) is 3.99. The predicted octanol–water partition coefficient (Wildman–Crippen LogP) is 3.18. The fraction of sp³-hybridized carbons (Fsp3) is 0.615. The number of thioether (sulfide) groups is 1. The molecule has 0 saturated heterocycles. The molecule has 16 heavy (non-hydrogen) atoms. The number of hydrogen-bond donors (Lipinski definition) is 1. The summed E-state index contributed by atoms with van der Waals surface area (Å²) in [6, 6.07) is 2.46. The van der Waals surface area contributed by atoms with Crippen molar-refractivity contribution < 1.29 is 0 Å². The van der Waals surface area contributed by atoms with Gasteiger partial charge in [-0.3, -0.25) is 4.98 Å². The molecule has 3 heteroatoms. The first kappa shape index (κ1) is 13.5. The Balaban J connectivity index is 2.41. The maximum Gasteiger partial charge on any atom is 0.0318 e. The highest BCUT2D eigenvalue weighted by molar-refractivity contribution is 7.99. The first-order valence-electron chi connectivity index (χ1n) is 5.81. The van der Waals surface area contributed by atoms with E-state index in [9.17, 15) is 0 Å². The highest BCUT2D eigenvalue weighted by Crippen LogP contribution is 2.16. The minimum Gasteiger partial charge on any atom is -0.310 e. The van der Waals surface area contributed by atoms with Gasteiger partial charge in [0.25, 0.3) is 0 Å². The summed E-state index contributed by atoms with van der Waals surface area (Å²) in [5.74, 6) is 0. The molecule has 2 atom stereocenters. The molecule has 0 radical (unpaired) electrons. The molecular formula is C13H22N2S. The van der Waals surface area contributed by atoms with Crippen LogP contribution in [-0.2, 0) is 0 Å². The lowest BCUT2D eigenvalue weighted by Crippen LogP contribution is -2.22. The quantitative estimate of drug-likeness (QED) is 0.824. The zero-order valence-electron chi connectivity index (χ0n) is 10.7. The van der Waals surface area contributed by atoms with Gasteiger partial charge in [0.2, 0.25) is 0 Å². The van der Waals surface area contributed by atoms with Gasteiger partial charge < -0.3 is 5.32 Å². The Hall–Kier alpha value is -0.540. The van der Waals surface area contributed by atoms with Gasteiger partial charge in [-0.1, -0.05) is 6.92 Å². The van der Waals surface area contributed by atoms with Crippen molar-refractivity contribution in [2.75, 3.05) is 12.8 Å². The second-order valence-corrected chi connectivity index (χ2v) is 5.52. The van der Waals surface area contributed by atoms with E-state index in [1.807, 2.05) is 24.2 Å². The van der Waals surface area contributed by atoms with Crippen molar-refractivity contribution in [1.82, 2.24) is 10.3 Å². The summed E-state index contributed by atoms with van der Waals surface area (Å²) in [5.41, 5.74) is 2.62. The molecule has 1 N–H and O–H groups in total. The molecule has 90 valence electrons. The zero-order valence-corrected chi connectivity index (χ0v) is 11.5. The summed E-state index contributed by atoms with van der Waals surface area (Å²) in [6.07, 6.45) is 7.19. The zero-order chi connectivity index (χ0) is 12.0. The van der Waals surface area contributed by atoms with Crippen molar-refractivity contribution in [2.24, 2.45) is 0 Å². The summed E-state index contributed by atoms with van der Waals surface area (Å²) in [6.45, 7) is 7.68. The number of pyridine rings is 1. The van der Waals surface area contributed by atoms with Crippen molar-refractivity contribution >= 4 is 11.8 Å². The largest absolute Gasteiger partial charge is 0.310 e. The van der Waals surface area contributed by atoms with Crippen molar-refractivity contribution in [3.05, 3.63) is 29.6 Å². The second-order valence-electron chi connectivity index (χ2n) is 4.24. The molecule has 0 aliphatic heterocycles. The molecule has 1 rings (SSSR count). The third-order valence-electron chi connectivity index (χ3n) is 2.95. The third kappa shape index (κ3) is 4.14. The number of hydrogen-bond acceptors (Lipinski definition) is 3. The Labute approximate surface area is 103 Å². The molecule has 0 amide bonds. The summed E-state index contributed by atoms with van der Waals surface area (Å²) in [4.78, 5) is 4.18. The average Bonchev–Trinajstić information content (AvgIpc) is 2.29. The normalized spacial score (nSPS) is 14.8. The van der Waals surface area contributed by atoms with Crippen LogP contribution < -0.4 is 5.32 Å². The van der Waals surface area contributed by atoms with E-state index in [1.54, 1.807) is 0 Å². The fourth-order valence-electron chi connectivity index (χ4n) is 1.66. The first-order chi connectivity index (χ1) is 7.65. The van der Waals surface area contributed by atoms with Crippen molar-refractivity contribution in [3.63, 3.8) is 0 Å². The highest BCUT2D eigenvalue weighted by Gasteiger charge is 2.08. The highest BCUT2D eigenvalue weighted by atomic mass is 32.2. The van der Waals surface area contributed by atoms with E-state index in [-0.39, 0.29) is 0 Å². The van der Waals surface area contributed by atoms with Crippen LogP contribution in [0.1, 0.15) is 37.4 Å². The molecule has 0 bridgehead atoms. The Bertz CT molecular complexity index is 315. The number of rotatable bonds is 6. The van der Waals surface area contributed by atoms with Crippen LogP contribution in [0, 0.1) is 6.92 Å². The van der Waals surface area contributed by atoms with E-state index < -0.39 is 0 Å². The standard InChI is InChI=1S/C13H22N2S/c1-10-5-7-14-9-13(10)12(3)15-8-6-11(2)16-4/h5,7,9,11-12,15H,6,8H2,1-4H3. The second kappa shape index (κ2) is 6.92. The van der Waals surface area contributed by atoms with Crippen LogP contribution in [0.25, 0.3) is 0 Å². The van der Waals surface area contributed by atoms with E-state index in [4.69, 9.17) is 0 Å². The van der Waals surface area contributed by atoms with Gasteiger partial charge in [0.1, 0.15) is 0 Å². The number of nitrogens with zero attached hydrogens (tertiary/aromatic N) is 1. The maximum absolute atomic E-state index is 4.18. The monoisotopic (exact) mass is 238 g/mol. The smallest absolute Gasteiger partial charge is 0.0318 e. The average molecular weight is 238 g/mol. The molecule has 1 aromatic rings. The molecule has 0 aliphatic carbocycles. The minimum absolute atomic E-state index is 0.391. The van der Waals surface area contributed by atoms with Gasteiger partial charge in [-0.25, -0.2) is 0 Å². The summed E-state index contributed by atoms with van der Waals surface area (Å²) >= 11 is 1.92. The lowest BCUT2D eigenvalue weighted by atomic mass is 10.1. The molecule has 0 fully saturated rings. The van der Waals surface area contributed by atoms with Crippen molar-refractivity contribution in [3.8, 4) is 0 Å². The number of aromatic nitrogens is 1. The minimum atomic E-state index is 0.391. The maximum atomic E-state index is 4.18. The summed E-state index contributed by atoms with van der Waals surface area (Å²) in [5, 5.41) is 4.28. The SMILES string of the molecule is CSC(C)CCNC(C)c1cnccc1C. The van der Waals surface area contributed by atoms with Gasteiger partial charge in [0.15, 0.2) is 0 Å². The molecule has 0 aromatic carbocycles. The van der Waals surface area contributed by atoms with Gasteiger partial charge in [0.05, 0.1) is 0 Å². The lowest BCUT2D eigenvalue weighted by Gasteiger charge is -2.17. The Morgan fingerprint density at radius 2 is 2.19 bits per heavy atom. The van der Waals surface area contributed by atoms with Crippen LogP contribution in [0.3, 0.4) is 0 Å². The van der Waals surface area contributed by atoms with Crippen LogP contribution in [0.2, 0.25) is 0 Å². The first-order valence-corrected chi connectivity index (χ1v) is 7.10. The summed E-state index contributed by atoms with van der Waals surface area (Å²) in [7, 11) is 0. The lowest BCUT2D eigenvalue weighted by molar-refractivity contribution is 0.554. The Kier molecular flexibility index (Phi) is 5.85. The van der Waals surface area contributed by atoms with Crippen LogP contribution in [-0.4, -0.2) is 23.0 Å². The van der Waals surface area contributed by atoms with Gasteiger partial charge in [-0.2, -0.15) is 11.8 Å². The molecular weight excluding hydrogens is 216 g/mol. The van der Waals surface area contributed by atoms with E-state index in [2.05, 4.69) is 43.4 Å². The van der Waals surface area contributed by atoms with E-state index in [0.717, 1.165) is 11.8 Å². The van der Waals surface area contributed by atoms with Crippen LogP contribution in [0.4, 0.5) is 0 Å². The Morgan fingerprint density at radius 1 is 1.44 bits per heavy atom. The summed E-state index contributed by atoms with van der Waals surface area (Å²) < 4.78 is 0. The van der Waals surface area contributed by atoms with Gasteiger partial charge in [-0.05, 0) is 50.3 Å². The Morgan fingerprint density at radius 3 is 2.81 bits per heavy atom. The fourth-order valence-corrected chi connectivity index (χ4v) is 2.01. The van der Waals surface area contributed by atoms with Gasteiger partial charge >= 0.3 is 0 Å². The number of nitrogens with one attached hydrogen (secondary N) is 1. The predicted molar refractivity (Wildman–Crippen MR) is 73.0 cm³/mol. The molecule has 1 aromatic heterocycles. The number of aryl methyl sites for hydroxylation is 1. The molecule has 0 aliphatic rings. The molecule has 2 nitrogen and oxygen atoms in total. The van der Waals surface area contributed by atoms with Crippen LogP contribution in [0.5, 0.6) is 0 Å². The molecule has 0 saturated carbocycles. The molecule has 0 spiro atoms. The van der Waals surface area contributed by atoms with E-state index in [0.29, 0.717) is 6.04 Å². The van der Waals surface area contributed by atoms with Gasteiger partial charge in [-0.15, -0.1) is 0 Å². The van der Waals surface area contributed by atoms with Crippen molar-refractivity contribution in [1.29, 1.82) is 0 Å². The van der Waals surface area contributed by atoms with E-state index >= 15 is 0 Å². The molecule has 2 unspecified atom stereocenters. The van der Waals surface area contributed by atoms with E-state index in [1.165, 1.54) is 17.5 Å². The van der Waals surface area contributed by atoms with Gasteiger partial charge in [0, 0.05) is 23.7 Å². The topological polar surface area (TPSA) is 24.9 Å². The van der Waals surface area contributed by atoms with Crippen molar-refractivity contribution in [2.45, 2.75) is 38.5 Å².